The second-order valence-corrected chi connectivity index (χ2v) is 12.2. The van der Waals surface area contributed by atoms with Gasteiger partial charge in [-0.05, 0) is 59.7 Å². The molecule has 0 aliphatic carbocycles. The molecule has 0 radical (unpaired) electrons. The minimum absolute atomic E-state index is 0.0664. The number of benzene rings is 4. The first-order valence-corrected chi connectivity index (χ1v) is 15.3. The van der Waals surface area contributed by atoms with Crippen molar-refractivity contribution in [3.63, 3.8) is 0 Å². The highest BCUT2D eigenvalue weighted by Gasteiger charge is 2.26. The lowest BCUT2D eigenvalue weighted by molar-refractivity contribution is 0.0964. The minimum atomic E-state index is -3.76. The van der Waals surface area contributed by atoms with Crippen LogP contribution in [0.3, 0.4) is 0 Å². The van der Waals surface area contributed by atoms with Crippen molar-refractivity contribution < 1.29 is 30.8 Å². The zero-order chi connectivity index (χ0) is 31.3. The Morgan fingerprint density at radius 1 is 0.955 bits per heavy atom. The van der Waals surface area contributed by atoms with E-state index in [4.69, 9.17) is 14.6 Å². The van der Waals surface area contributed by atoms with E-state index in [1.807, 2.05) is 0 Å². The van der Waals surface area contributed by atoms with Crippen LogP contribution >= 0.6 is 0 Å². The summed E-state index contributed by atoms with van der Waals surface area (Å²) in [7, 11) is -0.875. The molecule has 9 nitrogen and oxygen atoms in total. The van der Waals surface area contributed by atoms with Crippen LogP contribution in [0.4, 0.5) is 14.5 Å². The highest BCUT2D eigenvalue weighted by molar-refractivity contribution is 7.92. The molecule has 0 spiro atoms. The second-order valence-electron chi connectivity index (χ2n) is 10.2. The topological polar surface area (TPSA) is 132 Å². The van der Waals surface area contributed by atoms with Gasteiger partial charge in [0.05, 0.1) is 17.5 Å². The Morgan fingerprint density at radius 2 is 1.68 bits per heavy atom. The summed E-state index contributed by atoms with van der Waals surface area (Å²) in [6, 6.07) is 18.3. The van der Waals surface area contributed by atoms with Gasteiger partial charge in [-0.15, -0.1) is 0 Å². The fourth-order valence-corrected chi connectivity index (χ4v) is 5.62. The van der Waals surface area contributed by atoms with Crippen LogP contribution in [0, 0.1) is 11.6 Å². The molecule has 6 aromatic rings. The zero-order valence-electron chi connectivity index (χ0n) is 23.8. The lowest BCUT2D eigenvalue weighted by Crippen LogP contribution is -2.25. The summed E-state index contributed by atoms with van der Waals surface area (Å²) in [5.41, 5.74) is 9.64. The van der Waals surface area contributed by atoms with Gasteiger partial charge in [-0.1, -0.05) is 18.2 Å². The number of anilines is 1. The quantitative estimate of drug-likeness (QED) is 0.223. The third-order valence-corrected chi connectivity index (χ3v) is 8.64. The van der Waals surface area contributed by atoms with Crippen LogP contribution in [0.5, 0.6) is 0 Å². The average molecular weight is 617 g/mol. The summed E-state index contributed by atoms with van der Waals surface area (Å²) in [6.07, 6.45) is 1.07. The molecule has 0 aliphatic rings. The van der Waals surface area contributed by atoms with Crippen LogP contribution in [0.25, 0.3) is 56.0 Å². The molecule has 1 amide bonds. The van der Waals surface area contributed by atoms with Crippen molar-refractivity contribution in [1.29, 1.82) is 0 Å². The van der Waals surface area contributed by atoms with Gasteiger partial charge in [0.15, 0.2) is 11.4 Å². The molecule has 0 unspecified atom stereocenters. The number of rotatable bonds is 7. The molecule has 12 heteroatoms. The molecule has 224 valence electrons. The molecular formula is C32H26F2N4O5S. The van der Waals surface area contributed by atoms with E-state index in [1.54, 1.807) is 30.3 Å². The molecule has 0 bridgehead atoms. The Bertz CT molecular complexity index is 2190. The number of oxazole rings is 1. The van der Waals surface area contributed by atoms with Gasteiger partial charge in [0.1, 0.15) is 22.7 Å². The largest absolute Gasteiger partial charge is 0.455 e. The lowest BCUT2D eigenvalue weighted by Gasteiger charge is -2.21. The van der Waals surface area contributed by atoms with Crippen LogP contribution in [-0.2, 0) is 16.6 Å². The van der Waals surface area contributed by atoms with Gasteiger partial charge in [0.25, 0.3) is 5.91 Å². The van der Waals surface area contributed by atoms with Gasteiger partial charge in [-0.3, -0.25) is 9.10 Å². The number of sulfonamides is 1. The molecule has 2 aromatic heterocycles. The van der Waals surface area contributed by atoms with E-state index in [0.29, 0.717) is 33.2 Å². The Labute approximate surface area is 251 Å². The van der Waals surface area contributed by atoms with Crippen LogP contribution in [-0.4, -0.2) is 39.7 Å². The summed E-state index contributed by atoms with van der Waals surface area (Å²) in [6.45, 7) is 0.121. The predicted octanol–water partition coefficient (Wildman–Crippen LogP) is 6.07. The summed E-state index contributed by atoms with van der Waals surface area (Å²) in [5.74, 6) is -1.12. The summed E-state index contributed by atoms with van der Waals surface area (Å²) < 4.78 is 66.8. The Kier molecular flexibility index (Phi) is 7.18. The fraction of sp³-hybridized carbons (Fsp3) is 0.125. The van der Waals surface area contributed by atoms with E-state index >= 15 is 0 Å². The normalized spacial score (nSPS) is 11.8. The number of fused-ring (bicyclic) bond motifs is 2. The average Bonchev–Trinajstić information content (AvgIpc) is 3.62. The molecule has 0 aliphatic heterocycles. The van der Waals surface area contributed by atoms with Crippen molar-refractivity contribution >= 4 is 43.7 Å². The molecule has 6 rings (SSSR count). The van der Waals surface area contributed by atoms with Gasteiger partial charge < -0.3 is 19.9 Å². The third kappa shape index (κ3) is 4.97. The van der Waals surface area contributed by atoms with Gasteiger partial charge >= 0.3 is 0 Å². The summed E-state index contributed by atoms with van der Waals surface area (Å²) >= 11 is 0. The third-order valence-electron chi connectivity index (χ3n) is 7.44. The highest BCUT2D eigenvalue weighted by atomic mass is 32.2. The monoisotopic (exact) mass is 616 g/mol. The van der Waals surface area contributed by atoms with E-state index in [2.05, 4.69) is 10.3 Å². The standard InChI is InChI=1S/C32H26F2N4O5S/c1-36-31(39)28-23-14-21(18-7-8-19(16-35)22(13-18)32-37-29-24(34)5-4-6-26(29)43-32)25(38(2)44(3,40)41)15-27(23)42-30(28)17-9-11-20(33)12-10-17/h4-15H,16,35H2,1-3H3,(H,36,39). The zero-order valence-corrected chi connectivity index (χ0v) is 24.6. The maximum Gasteiger partial charge on any atom is 0.255 e. The Balaban J connectivity index is 1.64. The number of amides is 1. The number of nitrogens with two attached hydrogens (primary N) is 1. The predicted molar refractivity (Wildman–Crippen MR) is 165 cm³/mol. The van der Waals surface area contributed by atoms with Gasteiger partial charge in [-0.2, -0.15) is 0 Å². The summed E-state index contributed by atoms with van der Waals surface area (Å²) in [5, 5.41) is 3.02. The first kappa shape index (κ1) is 29.0. The number of nitrogens with one attached hydrogen (secondary N) is 1. The lowest BCUT2D eigenvalue weighted by atomic mass is 9.95. The summed E-state index contributed by atoms with van der Waals surface area (Å²) in [4.78, 5) is 17.6. The molecule has 0 fully saturated rings. The van der Waals surface area contributed by atoms with E-state index in [9.17, 15) is 22.0 Å². The molecule has 0 saturated heterocycles. The van der Waals surface area contributed by atoms with Gasteiger partial charge in [0.2, 0.25) is 15.9 Å². The van der Waals surface area contributed by atoms with Crippen molar-refractivity contribution in [2.75, 3.05) is 24.7 Å². The Morgan fingerprint density at radius 3 is 2.34 bits per heavy atom. The van der Waals surface area contributed by atoms with Crippen LogP contribution in [0.1, 0.15) is 15.9 Å². The molecular weight excluding hydrogens is 590 g/mol. The molecule has 4 aromatic carbocycles. The van der Waals surface area contributed by atoms with Crippen LogP contribution < -0.4 is 15.4 Å². The molecule has 3 N–H and O–H groups in total. The van der Waals surface area contributed by atoms with Crippen molar-refractivity contribution in [3.05, 3.63) is 95.6 Å². The number of para-hydroxylation sites is 1. The van der Waals surface area contributed by atoms with Gasteiger partial charge in [0, 0.05) is 48.8 Å². The van der Waals surface area contributed by atoms with E-state index in [1.165, 1.54) is 56.6 Å². The first-order chi connectivity index (χ1) is 21.0. The van der Waals surface area contributed by atoms with Gasteiger partial charge in [-0.25, -0.2) is 22.2 Å². The number of furan rings is 1. The van der Waals surface area contributed by atoms with E-state index in [0.717, 1.165) is 10.6 Å². The maximum atomic E-state index is 14.5. The number of carbonyl (C=O) groups is 1. The first-order valence-electron chi connectivity index (χ1n) is 13.4. The Hall–Kier alpha value is -5.07. The number of aromatic nitrogens is 1. The van der Waals surface area contributed by atoms with Crippen molar-refractivity contribution in [2.24, 2.45) is 5.73 Å². The van der Waals surface area contributed by atoms with Crippen molar-refractivity contribution in [2.45, 2.75) is 6.54 Å². The fourth-order valence-electron chi connectivity index (χ4n) is 5.11. The highest BCUT2D eigenvalue weighted by Crippen LogP contribution is 2.42. The van der Waals surface area contributed by atoms with Crippen molar-refractivity contribution in [1.82, 2.24) is 10.3 Å². The van der Waals surface area contributed by atoms with Crippen LogP contribution in [0.15, 0.2) is 81.6 Å². The SMILES string of the molecule is CNC(=O)c1c(-c2ccc(F)cc2)oc2cc(N(C)S(C)(=O)=O)c(-c3ccc(CN)c(-c4nc5c(F)cccc5o4)c3)cc12. The van der Waals surface area contributed by atoms with Crippen LogP contribution in [0.2, 0.25) is 0 Å². The number of halogens is 2. The van der Waals surface area contributed by atoms with E-state index < -0.39 is 27.6 Å². The van der Waals surface area contributed by atoms with Crippen molar-refractivity contribution in [3.8, 4) is 33.9 Å². The number of hydrogen-bond donors (Lipinski definition) is 2. The molecule has 0 atom stereocenters. The van der Waals surface area contributed by atoms with E-state index in [-0.39, 0.29) is 46.1 Å². The molecule has 44 heavy (non-hydrogen) atoms. The molecule has 0 saturated carbocycles. The maximum absolute atomic E-state index is 14.5. The number of hydrogen-bond acceptors (Lipinski definition) is 7. The minimum Gasteiger partial charge on any atom is -0.455 e. The smallest absolute Gasteiger partial charge is 0.255 e. The molecule has 2 heterocycles. The number of nitrogens with zero attached hydrogens (tertiary/aromatic N) is 2. The second kappa shape index (κ2) is 10.9. The number of carbonyl (C=O) groups excluding carboxylic acids is 1.